The molecule has 0 saturated carbocycles. The van der Waals surface area contributed by atoms with Crippen molar-refractivity contribution in [1.82, 2.24) is 10.2 Å². The lowest BCUT2D eigenvalue weighted by Gasteiger charge is -2.32. The fraction of sp³-hybridized carbons (Fsp3) is 0.667. The van der Waals surface area contributed by atoms with E-state index in [1.54, 1.807) is 11.0 Å². The van der Waals surface area contributed by atoms with Crippen LogP contribution < -0.4 is 5.32 Å². The molecule has 1 aliphatic rings. The van der Waals surface area contributed by atoms with Crippen molar-refractivity contribution in [3.05, 3.63) is 12.7 Å². The van der Waals surface area contributed by atoms with Gasteiger partial charge >= 0.3 is 12.0 Å². The number of carboxylic acids is 1. The second-order valence-electron chi connectivity index (χ2n) is 4.36. The summed E-state index contributed by atoms with van der Waals surface area (Å²) in [5, 5.41) is 11.5. The van der Waals surface area contributed by atoms with Crippen LogP contribution in [0.3, 0.4) is 0 Å². The van der Waals surface area contributed by atoms with E-state index in [4.69, 9.17) is 5.11 Å². The second-order valence-corrected chi connectivity index (χ2v) is 4.36. The molecule has 1 rings (SSSR count). The highest BCUT2D eigenvalue weighted by Gasteiger charge is 2.24. The van der Waals surface area contributed by atoms with Gasteiger partial charge in [-0.15, -0.1) is 6.58 Å². The van der Waals surface area contributed by atoms with E-state index < -0.39 is 5.97 Å². The molecule has 0 bridgehead atoms. The average molecular weight is 240 g/mol. The monoisotopic (exact) mass is 240 g/mol. The number of aliphatic carboxylic acids is 1. The van der Waals surface area contributed by atoms with E-state index in [1.165, 1.54) is 0 Å². The Bertz CT molecular complexity index is 291. The number of urea groups is 1. The number of likely N-dealkylation sites (tertiary alicyclic amines) is 1. The zero-order chi connectivity index (χ0) is 12.7. The molecule has 1 aliphatic heterocycles. The van der Waals surface area contributed by atoms with Gasteiger partial charge in [-0.05, 0) is 25.2 Å². The van der Waals surface area contributed by atoms with E-state index in [2.05, 4.69) is 11.9 Å². The number of nitrogens with one attached hydrogen (secondary N) is 1. The van der Waals surface area contributed by atoms with Crippen molar-refractivity contribution in [3.8, 4) is 0 Å². The second kappa shape index (κ2) is 6.93. The molecule has 1 heterocycles. The molecule has 0 aliphatic carbocycles. The molecule has 5 nitrogen and oxygen atoms in total. The number of hydrogen-bond donors (Lipinski definition) is 2. The highest BCUT2D eigenvalue weighted by Crippen LogP contribution is 2.19. The van der Waals surface area contributed by atoms with E-state index in [0.29, 0.717) is 13.1 Å². The first-order chi connectivity index (χ1) is 8.13. The molecule has 0 spiro atoms. The number of carboxylic acid groups (broad SMARTS) is 1. The van der Waals surface area contributed by atoms with Crippen LogP contribution in [-0.2, 0) is 4.79 Å². The molecule has 2 N–H and O–H groups in total. The summed E-state index contributed by atoms with van der Waals surface area (Å²) < 4.78 is 0. The summed E-state index contributed by atoms with van der Waals surface area (Å²) in [5.74, 6) is -0.699. The summed E-state index contributed by atoms with van der Waals surface area (Å²) in [5.41, 5.74) is 0. The Morgan fingerprint density at radius 3 is 2.94 bits per heavy atom. The van der Waals surface area contributed by atoms with Crippen molar-refractivity contribution in [2.24, 2.45) is 5.92 Å². The van der Waals surface area contributed by atoms with Crippen LogP contribution in [0.4, 0.5) is 4.79 Å². The molecule has 5 heteroatoms. The number of nitrogens with zero attached hydrogens (tertiary/aromatic N) is 1. The topological polar surface area (TPSA) is 69.6 Å². The lowest BCUT2D eigenvalue weighted by molar-refractivity contribution is -0.138. The third-order valence-corrected chi connectivity index (χ3v) is 2.89. The Morgan fingerprint density at radius 1 is 1.53 bits per heavy atom. The van der Waals surface area contributed by atoms with E-state index >= 15 is 0 Å². The van der Waals surface area contributed by atoms with Crippen LogP contribution in [0.15, 0.2) is 12.7 Å². The Hall–Kier alpha value is -1.52. The summed E-state index contributed by atoms with van der Waals surface area (Å²) in [6.45, 7) is 5.44. The lowest BCUT2D eigenvalue weighted by Crippen LogP contribution is -2.46. The minimum Gasteiger partial charge on any atom is -0.481 e. The van der Waals surface area contributed by atoms with Gasteiger partial charge in [0.25, 0.3) is 0 Å². The highest BCUT2D eigenvalue weighted by atomic mass is 16.4. The Kier molecular flexibility index (Phi) is 5.52. The number of carbonyl (C=O) groups is 2. The maximum atomic E-state index is 11.7. The van der Waals surface area contributed by atoms with Gasteiger partial charge in [0.15, 0.2) is 0 Å². The number of carbonyl (C=O) groups excluding carboxylic acids is 1. The zero-order valence-corrected chi connectivity index (χ0v) is 10.0. The zero-order valence-electron chi connectivity index (χ0n) is 10.0. The van der Waals surface area contributed by atoms with Crippen molar-refractivity contribution >= 4 is 12.0 Å². The third kappa shape index (κ3) is 4.89. The van der Waals surface area contributed by atoms with Crippen molar-refractivity contribution in [1.29, 1.82) is 0 Å². The fourth-order valence-corrected chi connectivity index (χ4v) is 2.06. The minimum atomic E-state index is -0.788. The van der Waals surface area contributed by atoms with Crippen LogP contribution in [0, 0.1) is 5.92 Å². The average Bonchev–Trinajstić information content (AvgIpc) is 2.28. The van der Waals surface area contributed by atoms with Crippen molar-refractivity contribution in [3.63, 3.8) is 0 Å². The Balaban J connectivity index is 2.34. The number of piperidine rings is 1. The van der Waals surface area contributed by atoms with Gasteiger partial charge in [0.1, 0.15) is 0 Å². The smallest absolute Gasteiger partial charge is 0.317 e. The molecule has 96 valence electrons. The molecule has 0 aromatic rings. The molecular weight excluding hydrogens is 220 g/mol. The molecule has 17 heavy (non-hydrogen) atoms. The first-order valence-electron chi connectivity index (χ1n) is 5.99. The molecule has 1 fully saturated rings. The van der Waals surface area contributed by atoms with Gasteiger partial charge in [-0.2, -0.15) is 0 Å². The first-order valence-corrected chi connectivity index (χ1v) is 5.99. The molecule has 0 aromatic heterocycles. The molecule has 0 radical (unpaired) electrons. The maximum Gasteiger partial charge on any atom is 0.317 e. The molecular formula is C12H20N2O3. The molecule has 1 saturated heterocycles. The van der Waals surface area contributed by atoms with E-state index in [9.17, 15) is 9.59 Å². The molecule has 2 amide bonds. The summed E-state index contributed by atoms with van der Waals surface area (Å²) >= 11 is 0. The number of rotatable bonds is 5. The van der Waals surface area contributed by atoms with Crippen molar-refractivity contribution in [2.75, 3.05) is 19.6 Å². The highest BCUT2D eigenvalue weighted by molar-refractivity contribution is 5.74. The van der Waals surface area contributed by atoms with Gasteiger partial charge in [0.2, 0.25) is 0 Å². The van der Waals surface area contributed by atoms with Crippen molar-refractivity contribution in [2.45, 2.75) is 25.7 Å². The minimum absolute atomic E-state index is 0.0893. The largest absolute Gasteiger partial charge is 0.481 e. The normalized spacial score (nSPS) is 19.8. The maximum absolute atomic E-state index is 11.7. The fourth-order valence-electron chi connectivity index (χ4n) is 2.06. The van der Waals surface area contributed by atoms with Crippen LogP contribution >= 0.6 is 0 Å². The summed E-state index contributed by atoms with van der Waals surface area (Å²) in [4.78, 5) is 24.1. The standard InChI is InChI=1S/C12H20N2O3/c1-2-3-6-13-12(17)14-7-4-5-10(9-14)8-11(15)16/h2,10H,1,3-9H2,(H,13,17)(H,15,16). The van der Waals surface area contributed by atoms with Gasteiger partial charge in [-0.3, -0.25) is 4.79 Å². The van der Waals surface area contributed by atoms with Gasteiger partial charge in [-0.25, -0.2) is 4.79 Å². The molecule has 0 aromatic carbocycles. The van der Waals surface area contributed by atoms with Crippen LogP contribution in [0.1, 0.15) is 25.7 Å². The Labute approximate surface area is 101 Å². The van der Waals surface area contributed by atoms with Crippen LogP contribution in [0.5, 0.6) is 0 Å². The van der Waals surface area contributed by atoms with E-state index in [-0.39, 0.29) is 18.4 Å². The first kappa shape index (κ1) is 13.5. The van der Waals surface area contributed by atoms with Gasteiger partial charge in [0, 0.05) is 26.1 Å². The quantitative estimate of drug-likeness (QED) is 0.564. The van der Waals surface area contributed by atoms with Crippen LogP contribution in [0.25, 0.3) is 0 Å². The van der Waals surface area contributed by atoms with Gasteiger partial charge in [-0.1, -0.05) is 6.08 Å². The third-order valence-electron chi connectivity index (χ3n) is 2.89. The van der Waals surface area contributed by atoms with E-state index in [1.807, 2.05) is 0 Å². The van der Waals surface area contributed by atoms with E-state index in [0.717, 1.165) is 25.8 Å². The van der Waals surface area contributed by atoms with Gasteiger partial charge in [0.05, 0.1) is 0 Å². The summed E-state index contributed by atoms with van der Waals surface area (Å²) in [6.07, 6.45) is 4.42. The van der Waals surface area contributed by atoms with Crippen LogP contribution in [0.2, 0.25) is 0 Å². The lowest BCUT2D eigenvalue weighted by atomic mass is 9.95. The SMILES string of the molecule is C=CCCNC(=O)N1CCCC(CC(=O)O)C1. The number of hydrogen-bond acceptors (Lipinski definition) is 2. The number of amides is 2. The van der Waals surface area contributed by atoms with Crippen molar-refractivity contribution < 1.29 is 14.7 Å². The summed E-state index contributed by atoms with van der Waals surface area (Å²) in [7, 11) is 0. The molecule has 1 atom stereocenters. The predicted molar refractivity (Wildman–Crippen MR) is 64.8 cm³/mol. The predicted octanol–water partition coefficient (Wildman–Crippen LogP) is 1.46. The molecule has 1 unspecified atom stereocenters. The van der Waals surface area contributed by atoms with Gasteiger partial charge < -0.3 is 15.3 Å². The van der Waals surface area contributed by atoms with Crippen LogP contribution in [-0.4, -0.2) is 41.6 Å². The summed E-state index contributed by atoms with van der Waals surface area (Å²) in [6, 6.07) is -0.0954. The Morgan fingerprint density at radius 2 is 2.29 bits per heavy atom.